The van der Waals surface area contributed by atoms with E-state index >= 15 is 0 Å². The van der Waals surface area contributed by atoms with E-state index in [1.807, 2.05) is 0 Å². The number of carbonyl (C=O) groups is 2. The molecule has 1 amide bonds. The highest BCUT2D eigenvalue weighted by atomic mass is 16.5. The third-order valence-electron chi connectivity index (χ3n) is 2.08. The molecule has 1 rings (SSSR count). The van der Waals surface area contributed by atoms with Gasteiger partial charge in [-0.1, -0.05) is 6.07 Å². The highest BCUT2D eigenvalue weighted by molar-refractivity contribution is 5.91. The number of benzene rings is 1. The summed E-state index contributed by atoms with van der Waals surface area (Å²) in [7, 11) is 1.77. The zero-order valence-corrected chi connectivity index (χ0v) is 10.1. The van der Waals surface area contributed by atoms with Gasteiger partial charge in [0.15, 0.2) is 6.61 Å². The number of aliphatic carboxylic acids is 1. The summed E-state index contributed by atoms with van der Waals surface area (Å²) in [5, 5.41) is 14.1. The van der Waals surface area contributed by atoms with E-state index < -0.39 is 12.6 Å². The molecule has 1 aromatic rings. The highest BCUT2D eigenvalue weighted by Crippen LogP contribution is 2.17. The summed E-state index contributed by atoms with van der Waals surface area (Å²) in [5.74, 6) is -0.748. The number of anilines is 1. The number of carboxylic acids is 1. The molecule has 0 radical (unpaired) electrons. The number of carboxylic acid groups (broad SMARTS) is 1. The van der Waals surface area contributed by atoms with Crippen LogP contribution in [0.4, 0.5) is 5.69 Å². The third kappa shape index (κ3) is 5.31. The lowest BCUT2D eigenvalue weighted by atomic mass is 10.3. The second kappa shape index (κ2) is 7.29. The normalized spacial score (nSPS) is 9.83. The number of carbonyl (C=O) groups excluding carboxylic acids is 1. The summed E-state index contributed by atoms with van der Waals surface area (Å²) < 4.78 is 5.01. The van der Waals surface area contributed by atoms with Gasteiger partial charge in [-0.15, -0.1) is 0 Å². The van der Waals surface area contributed by atoms with Crippen LogP contribution in [0.25, 0.3) is 0 Å². The van der Waals surface area contributed by atoms with Crippen molar-refractivity contribution in [2.24, 2.45) is 0 Å². The van der Waals surface area contributed by atoms with Crippen LogP contribution in [0.2, 0.25) is 0 Å². The van der Waals surface area contributed by atoms with E-state index in [0.717, 1.165) is 0 Å². The molecule has 1 aromatic carbocycles. The van der Waals surface area contributed by atoms with Gasteiger partial charge in [0.05, 0.1) is 0 Å². The molecule has 6 nitrogen and oxygen atoms in total. The lowest BCUT2D eigenvalue weighted by Crippen LogP contribution is -2.18. The SMILES string of the molecule is CNCCC(=O)Nc1cccc(OCC(=O)O)c1. The predicted octanol–water partition coefficient (Wildman–Crippen LogP) is 0.698. The molecule has 0 unspecified atom stereocenters. The zero-order chi connectivity index (χ0) is 13.4. The average Bonchev–Trinajstić information content (AvgIpc) is 2.34. The standard InChI is InChI=1S/C12H16N2O4/c1-13-6-5-11(15)14-9-3-2-4-10(7-9)18-8-12(16)17/h2-4,7,13H,5-6,8H2,1H3,(H,14,15)(H,16,17). The van der Waals surface area contributed by atoms with Crippen LogP contribution in [-0.4, -0.2) is 37.2 Å². The fourth-order valence-electron chi connectivity index (χ4n) is 1.27. The molecule has 98 valence electrons. The maximum atomic E-state index is 11.5. The smallest absolute Gasteiger partial charge is 0.341 e. The van der Waals surface area contributed by atoms with E-state index in [2.05, 4.69) is 10.6 Å². The molecule has 0 saturated carbocycles. The lowest BCUT2D eigenvalue weighted by Gasteiger charge is -2.07. The zero-order valence-electron chi connectivity index (χ0n) is 10.1. The van der Waals surface area contributed by atoms with Gasteiger partial charge in [-0.25, -0.2) is 4.79 Å². The summed E-state index contributed by atoms with van der Waals surface area (Å²) in [6, 6.07) is 6.61. The fourth-order valence-corrected chi connectivity index (χ4v) is 1.27. The molecular formula is C12H16N2O4. The van der Waals surface area contributed by atoms with E-state index in [1.54, 1.807) is 31.3 Å². The Bertz CT molecular complexity index is 420. The maximum Gasteiger partial charge on any atom is 0.341 e. The molecular weight excluding hydrogens is 236 g/mol. The highest BCUT2D eigenvalue weighted by Gasteiger charge is 2.03. The minimum absolute atomic E-state index is 0.111. The molecule has 6 heteroatoms. The molecule has 0 atom stereocenters. The minimum Gasteiger partial charge on any atom is -0.482 e. The molecule has 0 aliphatic rings. The molecule has 0 aliphatic carbocycles. The Morgan fingerprint density at radius 3 is 2.83 bits per heavy atom. The van der Waals surface area contributed by atoms with Crippen LogP contribution in [0.15, 0.2) is 24.3 Å². The maximum absolute atomic E-state index is 11.5. The first kappa shape index (κ1) is 14.0. The third-order valence-corrected chi connectivity index (χ3v) is 2.08. The van der Waals surface area contributed by atoms with Gasteiger partial charge in [0, 0.05) is 24.7 Å². The van der Waals surface area contributed by atoms with Gasteiger partial charge >= 0.3 is 5.97 Å². The number of hydrogen-bond donors (Lipinski definition) is 3. The van der Waals surface area contributed by atoms with Crippen LogP contribution in [0.3, 0.4) is 0 Å². The topological polar surface area (TPSA) is 87.7 Å². The Morgan fingerprint density at radius 1 is 1.39 bits per heavy atom. The van der Waals surface area contributed by atoms with E-state index in [0.29, 0.717) is 24.4 Å². The van der Waals surface area contributed by atoms with Crippen molar-refractivity contribution in [3.63, 3.8) is 0 Å². The first-order valence-electron chi connectivity index (χ1n) is 5.51. The minimum atomic E-state index is -1.04. The van der Waals surface area contributed by atoms with E-state index in [-0.39, 0.29) is 5.91 Å². The second-order valence-electron chi connectivity index (χ2n) is 3.61. The molecule has 0 saturated heterocycles. The Labute approximate surface area is 105 Å². The van der Waals surface area contributed by atoms with Crippen molar-refractivity contribution in [2.45, 2.75) is 6.42 Å². The van der Waals surface area contributed by atoms with Gasteiger partial charge in [-0.05, 0) is 19.2 Å². The summed E-state index contributed by atoms with van der Waals surface area (Å²) in [6.45, 7) is 0.193. The molecule has 0 aliphatic heterocycles. The summed E-state index contributed by atoms with van der Waals surface area (Å²) >= 11 is 0. The van der Waals surface area contributed by atoms with Gasteiger partial charge in [-0.3, -0.25) is 4.79 Å². The largest absolute Gasteiger partial charge is 0.482 e. The summed E-state index contributed by atoms with van der Waals surface area (Å²) in [6.07, 6.45) is 0.372. The molecule has 0 aromatic heterocycles. The number of ether oxygens (including phenoxy) is 1. The Morgan fingerprint density at radius 2 is 2.17 bits per heavy atom. The molecule has 0 bridgehead atoms. The van der Waals surface area contributed by atoms with Crippen molar-refractivity contribution in [3.8, 4) is 5.75 Å². The van der Waals surface area contributed by atoms with E-state index in [9.17, 15) is 9.59 Å². The summed E-state index contributed by atoms with van der Waals surface area (Å²) in [4.78, 5) is 21.8. The molecule has 18 heavy (non-hydrogen) atoms. The monoisotopic (exact) mass is 252 g/mol. The van der Waals surface area contributed by atoms with Gasteiger partial charge in [-0.2, -0.15) is 0 Å². The number of nitrogens with one attached hydrogen (secondary N) is 2. The van der Waals surface area contributed by atoms with Crippen LogP contribution in [-0.2, 0) is 9.59 Å². The van der Waals surface area contributed by atoms with Crippen LogP contribution in [0, 0.1) is 0 Å². The molecule has 0 fully saturated rings. The number of hydrogen-bond acceptors (Lipinski definition) is 4. The molecule has 0 heterocycles. The quantitative estimate of drug-likeness (QED) is 0.664. The number of amides is 1. The van der Waals surface area contributed by atoms with Crippen molar-refractivity contribution < 1.29 is 19.4 Å². The van der Waals surface area contributed by atoms with Gasteiger partial charge in [0.25, 0.3) is 0 Å². The van der Waals surface area contributed by atoms with Crippen molar-refractivity contribution in [1.82, 2.24) is 5.32 Å². The molecule has 3 N–H and O–H groups in total. The van der Waals surface area contributed by atoms with E-state index in [4.69, 9.17) is 9.84 Å². The Hall–Kier alpha value is -2.08. The van der Waals surface area contributed by atoms with Crippen molar-refractivity contribution in [1.29, 1.82) is 0 Å². The fraction of sp³-hybridized carbons (Fsp3) is 0.333. The first-order valence-corrected chi connectivity index (χ1v) is 5.51. The van der Waals surface area contributed by atoms with Crippen LogP contribution < -0.4 is 15.4 Å². The summed E-state index contributed by atoms with van der Waals surface area (Å²) in [5.41, 5.74) is 0.582. The lowest BCUT2D eigenvalue weighted by molar-refractivity contribution is -0.139. The Kier molecular flexibility index (Phi) is 5.66. The van der Waals surface area contributed by atoms with E-state index in [1.165, 1.54) is 0 Å². The second-order valence-corrected chi connectivity index (χ2v) is 3.61. The average molecular weight is 252 g/mol. The van der Waals surface area contributed by atoms with Crippen molar-refractivity contribution in [3.05, 3.63) is 24.3 Å². The van der Waals surface area contributed by atoms with Gasteiger partial charge in [0.1, 0.15) is 5.75 Å². The first-order chi connectivity index (χ1) is 8.61. The van der Waals surface area contributed by atoms with Gasteiger partial charge in [0.2, 0.25) is 5.91 Å². The number of rotatable bonds is 7. The van der Waals surface area contributed by atoms with Gasteiger partial charge < -0.3 is 20.5 Å². The van der Waals surface area contributed by atoms with Crippen molar-refractivity contribution in [2.75, 3.05) is 25.5 Å². The van der Waals surface area contributed by atoms with Crippen LogP contribution >= 0.6 is 0 Å². The Balaban J connectivity index is 2.53. The molecule has 0 spiro atoms. The predicted molar refractivity (Wildman–Crippen MR) is 66.7 cm³/mol. The van der Waals surface area contributed by atoms with Crippen LogP contribution in [0.1, 0.15) is 6.42 Å². The van der Waals surface area contributed by atoms with Crippen molar-refractivity contribution >= 4 is 17.6 Å². The van der Waals surface area contributed by atoms with Crippen LogP contribution in [0.5, 0.6) is 5.75 Å².